The Balaban J connectivity index is 1.91. The van der Waals surface area contributed by atoms with Gasteiger partial charge in [0.1, 0.15) is 17.3 Å². The molecule has 1 saturated carbocycles. The van der Waals surface area contributed by atoms with Crippen molar-refractivity contribution in [1.82, 2.24) is 5.32 Å². The Hall–Kier alpha value is -1.16. The summed E-state index contributed by atoms with van der Waals surface area (Å²) in [6.07, 6.45) is 5.88. The molecule has 0 radical (unpaired) electrons. The first kappa shape index (κ1) is 13.8. The lowest BCUT2D eigenvalue weighted by Crippen LogP contribution is -2.64. The molecule has 1 N–H and O–H groups in total. The molecule has 1 aliphatic heterocycles. The fourth-order valence-electron chi connectivity index (χ4n) is 3.64. The van der Waals surface area contributed by atoms with Crippen molar-refractivity contribution >= 4 is 5.69 Å². The molecule has 0 amide bonds. The molecule has 1 spiro atoms. The van der Waals surface area contributed by atoms with E-state index in [1.54, 1.807) is 0 Å². The van der Waals surface area contributed by atoms with Gasteiger partial charge in [-0.25, -0.2) is 8.78 Å². The smallest absolute Gasteiger partial charge is 0.149 e. The van der Waals surface area contributed by atoms with E-state index < -0.39 is 11.6 Å². The zero-order valence-electron chi connectivity index (χ0n) is 12.0. The lowest BCUT2D eigenvalue weighted by Gasteiger charge is -2.49. The third-order valence-electron chi connectivity index (χ3n) is 4.81. The molecule has 3 rings (SSSR count). The Bertz CT molecular complexity index is 463. The third kappa shape index (κ3) is 2.41. The highest BCUT2D eigenvalue weighted by atomic mass is 19.1. The van der Waals surface area contributed by atoms with Crippen LogP contribution in [0, 0.1) is 11.6 Å². The van der Waals surface area contributed by atoms with Crippen LogP contribution in [-0.2, 0) is 0 Å². The Kier molecular flexibility index (Phi) is 3.67. The molecular formula is C16H22F2N2. The number of hydrogen-bond donors (Lipinski definition) is 1. The van der Waals surface area contributed by atoms with Crippen molar-refractivity contribution < 1.29 is 8.78 Å². The fourth-order valence-corrected chi connectivity index (χ4v) is 3.64. The summed E-state index contributed by atoms with van der Waals surface area (Å²) in [6, 6.07) is 4.23. The van der Waals surface area contributed by atoms with Crippen LogP contribution in [0.4, 0.5) is 14.5 Å². The van der Waals surface area contributed by atoms with E-state index in [1.165, 1.54) is 37.5 Å². The number of halogens is 2. The highest BCUT2D eigenvalue weighted by Crippen LogP contribution is 2.35. The highest BCUT2D eigenvalue weighted by Gasteiger charge is 2.39. The van der Waals surface area contributed by atoms with Gasteiger partial charge in [0.05, 0.1) is 0 Å². The van der Waals surface area contributed by atoms with Crippen molar-refractivity contribution in [2.24, 2.45) is 0 Å². The van der Waals surface area contributed by atoms with Gasteiger partial charge < -0.3 is 10.2 Å². The molecule has 20 heavy (non-hydrogen) atoms. The number of piperazine rings is 1. The van der Waals surface area contributed by atoms with Crippen molar-refractivity contribution in [3.8, 4) is 0 Å². The number of nitrogens with one attached hydrogen (secondary N) is 1. The molecule has 1 heterocycles. The number of anilines is 1. The minimum Gasteiger partial charge on any atom is -0.361 e. The number of rotatable bonds is 1. The number of para-hydroxylation sites is 1. The molecule has 2 fully saturated rings. The largest absolute Gasteiger partial charge is 0.361 e. The number of benzene rings is 1. The van der Waals surface area contributed by atoms with Crippen molar-refractivity contribution in [3.63, 3.8) is 0 Å². The highest BCUT2D eigenvalue weighted by molar-refractivity contribution is 5.51. The third-order valence-corrected chi connectivity index (χ3v) is 4.81. The molecular weight excluding hydrogens is 258 g/mol. The van der Waals surface area contributed by atoms with Crippen molar-refractivity contribution in [3.05, 3.63) is 29.8 Å². The standard InChI is InChI=1S/C16H22F2N2/c1-12-10-19-16(8-3-2-4-9-16)11-20(12)15-13(17)6-5-7-14(15)18/h5-7,12,19H,2-4,8-11H2,1H3. The molecule has 1 aliphatic carbocycles. The monoisotopic (exact) mass is 280 g/mol. The zero-order valence-corrected chi connectivity index (χ0v) is 12.0. The van der Waals surface area contributed by atoms with Gasteiger partial charge in [-0.05, 0) is 31.9 Å². The Labute approximate surface area is 119 Å². The molecule has 110 valence electrons. The van der Waals surface area contributed by atoms with Gasteiger partial charge >= 0.3 is 0 Å². The first-order valence-corrected chi connectivity index (χ1v) is 7.57. The van der Waals surface area contributed by atoms with E-state index in [9.17, 15) is 8.78 Å². The van der Waals surface area contributed by atoms with E-state index in [4.69, 9.17) is 0 Å². The van der Waals surface area contributed by atoms with Crippen LogP contribution in [0.15, 0.2) is 18.2 Å². The first-order valence-electron chi connectivity index (χ1n) is 7.57. The van der Waals surface area contributed by atoms with Crippen LogP contribution in [0.2, 0.25) is 0 Å². The maximum absolute atomic E-state index is 14.1. The Morgan fingerprint density at radius 1 is 1.15 bits per heavy atom. The van der Waals surface area contributed by atoms with Crippen LogP contribution in [0.5, 0.6) is 0 Å². The summed E-state index contributed by atoms with van der Waals surface area (Å²) in [5.41, 5.74) is 0.186. The van der Waals surface area contributed by atoms with Gasteiger partial charge in [0.2, 0.25) is 0 Å². The van der Waals surface area contributed by atoms with Crippen molar-refractivity contribution in [2.75, 3.05) is 18.0 Å². The summed E-state index contributed by atoms with van der Waals surface area (Å²) in [5.74, 6) is -0.908. The second-order valence-corrected chi connectivity index (χ2v) is 6.27. The topological polar surface area (TPSA) is 15.3 Å². The second kappa shape index (κ2) is 5.32. The quantitative estimate of drug-likeness (QED) is 0.847. The fraction of sp³-hybridized carbons (Fsp3) is 0.625. The number of hydrogen-bond acceptors (Lipinski definition) is 2. The average molecular weight is 280 g/mol. The molecule has 1 aromatic carbocycles. The lowest BCUT2D eigenvalue weighted by atomic mass is 9.79. The molecule has 1 saturated heterocycles. The molecule has 1 atom stereocenters. The lowest BCUT2D eigenvalue weighted by molar-refractivity contribution is 0.199. The van der Waals surface area contributed by atoms with Gasteiger partial charge in [-0.2, -0.15) is 0 Å². The Morgan fingerprint density at radius 2 is 1.80 bits per heavy atom. The van der Waals surface area contributed by atoms with E-state index in [0.29, 0.717) is 6.54 Å². The zero-order chi connectivity index (χ0) is 14.2. The molecule has 0 bridgehead atoms. The van der Waals surface area contributed by atoms with Crippen molar-refractivity contribution in [1.29, 1.82) is 0 Å². The van der Waals surface area contributed by atoms with E-state index in [-0.39, 0.29) is 17.3 Å². The minimum atomic E-state index is -0.454. The summed E-state index contributed by atoms with van der Waals surface area (Å²) in [7, 11) is 0. The summed E-state index contributed by atoms with van der Waals surface area (Å²) in [5, 5.41) is 3.64. The molecule has 4 heteroatoms. The van der Waals surface area contributed by atoms with E-state index in [1.807, 2.05) is 11.8 Å². The summed E-state index contributed by atoms with van der Waals surface area (Å²) in [4.78, 5) is 1.92. The second-order valence-electron chi connectivity index (χ2n) is 6.27. The van der Waals surface area contributed by atoms with Crippen molar-refractivity contribution in [2.45, 2.75) is 50.6 Å². The van der Waals surface area contributed by atoms with Gasteiger partial charge in [0, 0.05) is 24.7 Å². The normalized spacial score (nSPS) is 25.9. The predicted molar refractivity (Wildman–Crippen MR) is 77.0 cm³/mol. The predicted octanol–water partition coefficient (Wildman–Crippen LogP) is 3.47. The first-order chi connectivity index (χ1) is 9.61. The van der Waals surface area contributed by atoms with E-state index >= 15 is 0 Å². The summed E-state index contributed by atoms with van der Waals surface area (Å²) in [6.45, 7) is 3.51. The average Bonchev–Trinajstić information content (AvgIpc) is 2.44. The van der Waals surface area contributed by atoms with Crippen LogP contribution >= 0.6 is 0 Å². The van der Waals surface area contributed by atoms with Crippen LogP contribution in [0.3, 0.4) is 0 Å². The molecule has 2 nitrogen and oxygen atoms in total. The van der Waals surface area contributed by atoms with Gasteiger partial charge in [-0.3, -0.25) is 0 Å². The molecule has 1 unspecified atom stereocenters. The van der Waals surface area contributed by atoms with Crippen LogP contribution < -0.4 is 10.2 Å². The van der Waals surface area contributed by atoms with Gasteiger partial charge in [0.15, 0.2) is 0 Å². The summed E-state index contributed by atoms with van der Waals surface area (Å²) >= 11 is 0. The summed E-state index contributed by atoms with van der Waals surface area (Å²) < 4.78 is 28.1. The Morgan fingerprint density at radius 3 is 2.45 bits per heavy atom. The molecule has 0 aromatic heterocycles. The van der Waals surface area contributed by atoms with Crippen LogP contribution in [0.1, 0.15) is 39.0 Å². The van der Waals surface area contributed by atoms with Crippen LogP contribution in [-0.4, -0.2) is 24.7 Å². The maximum Gasteiger partial charge on any atom is 0.149 e. The van der Waals surface area contributed by atoms with E-state index in [0.717, 1.165) is 19.4 Å². The van der Waals surface area contributed by atoms with Gasteiger partial charge in [0.25, 0.3) is 0 Å². The SMILES string of the molecule is CC1CNC2(CCCCC2)CN1c1c(F)cccc1F. The minimum absolute atomic E-state index is 0.0412. The molecule has 2 aliphatic rings. The van der Waals surface area contributed by atoms with Gasteiger partial charge in [-0.1, -0.05) is 25.3 Å². The van der Waals surface area contributed by atoms with Crippen LogP contribution in [0.25, 0.3) is 0 Å². The maximum atomic E-state index is 14.1. The number of nitrogens with zero attached hydrogens (tertiary/aromatic N) is 1. The van der Waals surface area contributed by atoms with Gasteiger partial charge in [-0.15, -0.1) is 0 Å². The molecule has 1 aromatic rings. The van der Waals surface area contributed by atoms with E-state index in [2.05, 4.69) is 5.32 Å².